The molecule has 0 saturated carbocycles. The molecule has 0 aliphatic heterocycles. The van der Waals surface area contributed by atoms with E-state index in [1.165, 1.54) is 17.8 Å². The number of amides is 1. The Labute approximate surface area is 173 Å². The molecule has 1 heterocycles. The van der Waals surface area contributed by atoms with Gasteiger partial charge < -0.3 is 9.88 Å². The van der Waals surface area contributed by atoms with Crippen molar-refractivity contribution >= 4 is 50.9 Å². The Morgan fingerprint density at radius 3 is 2.78 bits per heavy atom. The van der Waals surface area contributed by atoms with E-state index in [1.807, 2.05) is 6.92 Å². The molecule has 0 spiro atoms. The summed E-state index contributed by atoms with van der Waals surface area (Å²) in [4.78, 5) is 12.2. The molecule has 9 heteroatoms. The zero-order valence-corrected chi connectivity index (χ0v) is 17.4. The van der Waals surface area contributed by atoms with Gasteiger partial charge in [0.05, 0.1) is 16.3 Å². The lowest BCUT2D eigenvalue weighted by molar-refractivity contribution is -0.113. The lowest BCUT2D eigenvalue weighted by atomic mass is 10.2. The molecule has 0 aliphatic rings. The topological polar surface area (TPSA) is 59.8 Å². The minimum Gasteiger partial charge on any atom is -0.325 e. The average Bonchev–Trinajstić information content (AvgIpc) is 3.06. The summed E-state index contributed by atoms with van der Waals surface area (Å²) in [5.41, 5.74) is 0.991. The van der Waals surface area contributed by atoms with E-state index < -0.39 is 0 Å². The second kappa shape index (κ2) is 8.86. The van der Waals surface area contributed by atoms with E-state index >= 15 is 0 Å². The van der Waals surface area contributed by atoms with E-state index in [4.69, 9.17) is 11.6 Å². The fraction of sp³-hybridized carbons (Fsp3) is 0.167. The molecule has 0 bridgehead atoms. The van der Waals surface area contributed by atoms with Gasteiger partial charge in [-0.05, 0) is 53.2 Å². The van der Waals surface area contributed by atoms with Crippen LogP contribution in [0.5, 0.6) is 0 Å². The second-order valence-electron chi connectivity index (χ2n) is 5.50. The summed E-state index contributed by atoms with van der Waals surface area (Å²) >= 11 is 10.6. The van der Waals surface area contributed by atoms with Gasteiger partial charge in [0.2, 0.25) is 5.91 Å². The Balaban J connectivity index is 1.70. The van der Waals surface area contributed by atoms with Gasteiger partial charge in [-0.15, -0.1) is 10.2 Å². The van der Waals surface area contributed by atoms with Crippen LogP contribution in [0, 0.1) is 5.82 Å². The molecule has 3 rings (SSSR count). The SMILES string of the molecule is CCn1c(SCC(=O)Nc2ccc(Br)c(Cl)c2)nnc1-c1ccccc1F. The maximum absolute atomic E-state index is 14.1. The molecule has 1 N–H and O–H groups in total. The van der Waals surface area contributed by atoms with Crippen molar-refractivity contribution in [2.75, 3.05) is 11.1 Å². The summed E-state index contributed by atoms with van der Waals surface area (Å²) in [6.45, 7) is 2.48. The van der Waals surface area contributed by atoms with Gasteiger partial charge in [-0.2, -0.15) is 0 Å². The Bertz CT molecular complexity index is 982. The first kappa shape index (κ1) is 19.9. The number of carbonyl (C=O) groups is 1. The first-order chi connectivity index (χ1) is 13.0. The molecule has 3 aromatic rings. The van der Waals surface area contributed by atoms with Crippen molar-refractivity contribution in [2.24, 2.45) is 0 Å². The van der Waals surface area contributed by atoms with E-state index in [0.29, 0.717) is 33.8 Å². The van der Waals surface area contributed by atoms with Gasteiger partial charge in [-0.1, -0.05) is 35.5 Å². The molecule has 0 fully saturated rings. The van der Waals surface area contributed by atoms with Crippen LogP contribution in [-0.2, 0) is 11.3 Å². The number of anilines is 1. The van der Waals surface area contributed by atoms with Crippen molar-refractivity contribution in [1.82, 2.24) is 14.8 Å². The number of nitrogens with zero attached hydrogens (tertiary/aromatic N) is 3. The number of benzene rings is 2. The molecule has 5 nitrogen and oxygen atoms in total. The predicted molar refractivity (Wildman–Crippen MR) is 110 cm³/mol. The van der Waals surface area contributed by atoms with E-state index in [0.717, 1.165) is 4.47 Å². The lowest BCUT2D eigenvalue weighted by Crippen LogP contribution is -2.14. The molecule has 0 saturated heterocycles. The Hall–Kier alpha value is -1.90. The first-order valence-electron chi connectivity index (χ1n) is 8.05. The van der Waals surface area contributed by atoms with Crippen molar-refractivity contribution in [3.63, 3.8) is 0 Å². The molecule has 0 unspecified atom stereocenters. The molecule has 0 aliphatic carbocycles. The van der Waals surface area contributed by atoms with Crippen LogP contribution in [0.25, 0.3) is 11.4 Å². The highest BCUT2D eigenvalue weighted by atomic mass is 79.9. The molecule has 1 amide bonds. The number of halogens is 3. The van der Waals surface area contributed by atoms with Crippen LogP contribution in [-0.4, -0.2) is 26.4 Å². The third kappa shape index (κ3) is 4.69. The number of thioether (sulfide) groups is 1. The minimum atomic E-state index is -0.360. The summed E-state index contributed by atoms with van der Waals surface area (Å²) in [6.07, 6.45) is 0. The van der Waals surface area contributed by atoms with Crippen LogP contribution < -0.4 is 5.32 Å². The molecule has 2 aromatic carbocycles. The highest BCUT2D eigenvalue weighted by Gasteiger charge is 2.17. The zero-order valence-electron chi connectivity index (χ0n) is 14.2. The van der Waals surface area contributed by atoms with E-state index in [2.05, 4.69) is 31.4 Å². The molecular weight excluding hydrogens is 455 g/mol. The van der Waals surface area contributed by atoms with Gasteiger partial charge in [0.15, 0.2) is 11.0 Å². The second-order valence-corrected chi connectivity index (χ2v) is 7.70. The average molecular weight is 470 g/mol. The number of hydrogen-bond acceptors (Lipinski definition) is 4. The summed E-state index contributed by atoms with van der Waals surface area (Å²) in [5.74, 6) is 0.0269. The molecular formula is C18H15BrClFN4OS. The zero-order chi connectivity index (χ0) is 19.4. The quantitative estimate of drug-likeness (QED) is 0.501. The fourth-order valence-corrected chi connectivity index (χ4v) is 3.65. The van der Waals surface area contributed by atoms with Crippen LogP contribution in [0.15, 0.2) is 52.1 Å². The maximum Gasteiger partial charge on any atom is 0.234 e. The molecule has 27 heavy (non-hydrogen) atoms. The van der Waals surface area contributed by atoms with Crippen molar-refractivity contribution in [3.8, 4) is 11.4 Å². The molecule has 0 atom stereocenters. The van der Waals surface area contributed by atoms with Crippen molar-refractivity contribution < 1.29 is 9.18 Å². The van der Waals surface area contributed by atoms with Crippen LogP contribution >= 0.6 is 39.3 Å². The Morgan fingerprint density at radius 2 is 2.07 bits per heavy atom. The van der Waals surface area contributed by atoms with Gasteiger partial charge in [0.1, 0.15) is 5.82 Å². The summed E-state index contributed by atoms with van der Waals surface area (Å²) < 4.78 is 16.6. The summed E-state index contributed by atoms with van der Waals surface area (Å²) in [6, 6.07) is 11.6. The fourth-order valence-electron chi connectivity index (χ4n) is 2.42. The lowest BCUT2D eigenvalue weighted by Gasteiger charge is -2.08. The van der Waals surface area contributed by atoms with Crippen molar-refractivity contribution in [3.05, 3.63) is 57.8 Å². The predicted octanol–water partition coefficient (Wildman–Crippen LogP) is 5.25. The van der Waals surface area contributed by atoms with Crippen LogP contribution in [0.4, 0.5) is 10.1 Å². The minimum absolute atomic E-state index is 0.142. The number of rotatable bonds is 6. The smallest absolute Gasteiger partial charge is 0.234 e. The monoisotopic (exact) mass is 468 g/mol. The first-order valence-corrected chi connectivity index (χ1v) is 10.2. The Kier molecular flexibility index (Phi) is 6.51. The molecule has 140 valence electrons. The highest BCUT2D eigenvalue weighted by Crippen LogP contribution is 2.27. The van der Waals surface area contributed by atoms with Gasteiger partial charge in [0.25, 0.3) is 0 Å². The van der Waals surface area contributed by atoms with Gasteiger partial charge >= 0.3 is 0 Å². The third-order valence-corrected chi connectivity index (χ3v) is 5.88. The number of aromatic nitrogens is 3. The number of carbonyl (C=O) groups excluding carboxylic acids is 1. The largest absolute Gasteiger partial charge is 0.325 e. The Morgan fingerprint density at radius 1 is 1.30 bits per heavy atom. The van der Waals surface area contributed by atoms with Gasteiger partial charge in [-0.3, -0.25) is 4.79 Å². The number of nitrogens with one attached hydrogen (secondary N) is 1. The normalized spacial score (nSPS) is 10.8. The van der Waals surface area contributed by atoms with Crippen molar-refractivity contribution in [2.45, 2.75) is 18.6 Å². The number of hydrogen-bond donors (Lipinski definition) is 1. The molecule has 0 radical (unpaired) electrons. The molecule has 1 aromatic heterocycles. The van der Waals surface area contributed by atoms with Crippen LogP contribution in [0.3, 0.4) is 0 Å². The van der Waals surface area contributed by atoms with Gasteiger partial charge in [0, 0.05) is 16.7 Å². The summed E-state index contributed by atoms with van der Waals surface area (Å²) in [7, 11) is 0. The van der Waals surface area contributed by atoms with Crippen molar-refractivity contribution in [1.29, 1.82) is 0 Å². The van der Waals surface area contributed by atoms with E-state index in [-0.39, 0.29) is 17.5 Å². The summed E-state index contributed by atoms with van der Waals surface area (Å²) in [5, 5.41) is 12.1. The van der Waals surface area contributed by atoms with Gasteiger partial charge in [-0.25, -0.2) is 4.39 Å². The standard InChI is InChI=1S/C18H15BrClFN4OS/c1-2-25-17(12-5-3-4-6-15(12)21)23-24-18(25)27-10-16(26)22-11-7-8-13(19)14(20)9-11/h3-9H,2,10H2,1H3,(H,22,26). The van der Waals surface area contributed by atoms with E-state index in [9.17, 15) is 9.18 Å². The van der Waals surface area contributed by atoms with Crippen LogP contribution in [0.1, 0.15) is 6.92 Å². The van der Waals surface area contributed by atoms with E-state index in [1.54, 1.807) is 41.0 Å². The highest BCUT2D eigenvalue weighted by molar-refractivity contribution is 9.10. The third-order valence-electron chi connectivity index (χ3n) is 3.68. The maximum atomic E-state index is 14.1. The van der Waals surface area contributed by atoms with Crippen LogP contribution in [0.2, 0.25) is 5.02 Å².